The van der Waals surface area contributed by atoms with E-state index in [-0.39, 0.29) is 6.04 Å². The number of rotatable bonds is 9. The Morgan fingerprint density at radius 2 is 1.91 bits per heavy atom. The molecule has 2 aromatic heterocycles. The zero-order valence-electron chi connectivity index (χ0n) is 19.1. The van der Waals surface area contributed by atoms with E-state index in [0.29, 0.717) is 6.54 Å². The second-order valence-electron chi connectivity index (χ2n) is 8.26. The van der Waals surface area contributed by atoms with E-state index in [1.54, 1.807) is 0 Å². The molecule has 0 bridgehead atoms. The number of likely N-dealkylation sites (tertiary alicyclic amines) is 1. The van der Waals surface area contributed by atoms with Gasteiger partial charge in [-0.2, -0.15) is 5.10 Å². The Labute approximate surface area is 190 Å². The molecule has 0 spiro atoms. The van der Waals surface area contributed by atoms with Crippen LogP contribution >= 0.6 is 0 Å². The van der Waals surface area contributed by atoms with Crippen LogP contribution in [-0.4, -0.2) is 46.8 Å². The Morgan fingerprint density at radius 1 is 1.09 bits per heavy atom. The number of nitrogens with zero attached hydrogens (tertiary/aromatic N) is 4. The lowest BCUT2D eigenvalue weighted by molar-refractivity contribution is 0.213. The maximum absolute atomic E-state index is 6.00. The quantitative estimate of drug-likeness (QED) is 0.397. The van der Waals surface area contributed by atoms with Crippen molar-refractivity contribution in [2.24, 2.45) is 4.99 Å². The molecule has 1 fully saturated rings. The lowest BCUT2D eigenvalue weighted by Gasteiger charge is -2.26. The Morgan fingerprint density at radius 3 is 2.59 bits per heavy atom. The van der Waals surface area contributed by atoms with Crippen LogP contribution in [0, 0.1) is 6.92 Å². The highest BCUT2D eigenvalue weighted by Crippen LogP contribution is 2.26. The predicted octanol–water partition coefficient (Wildman–Crippen LogP) is 3.73. The molecule has 4 rings (SSSR count). The van der Waals surface area contributed by atoms with Crippen molar-refractivity contribution in [3.8, 4) is 0 Å². The van der Waals surface area contributed by atoms with Crippen molar-refractivity contribution in [1.29, 1.82) is 0 Å². The molecule has 1 atom stereocenters. The van der Waals surface area contributed by atoms with Gasteiger partial charge in [-0.3, -0.25) is 9.58 Å². The molecule has 0 amide bonds. The van der Waals surface area contributed by atoms with Crippen LogP contribution in [-0.2, 0) is 13.1 Å². The molecule has 1 saturated heterocycles. The van der Waals surface area contributed by atoms with E-state index in [0.717, 1.165) is 50.2 Å². The fourth-order valence-electron chi connectivity index (χ4n) is 4.23. The molecule has 1 aromatic carbocycles. The molecule has 1 aliphatic heterocycles. The maximum Gasteiger partial charge on any atom is 0.191 e. The highest BCUT2D eigenvalue weighted by molar-refractivity contribution is 5.79. The molecular weight excluding hydrogens is 400 g/mol. The third-order valence-electron chi connectivity index (χ3n) is 5.90. The van der Waals surface area contributed by atoms with E-state index in [9.17, 15) is 0 Å². The predicted molar refractivity (Wildman–Crippen MR) is 128 cm³/mol. The van der Waals surface area contributed by atoms with Gasteiger partial charge in [-0.1, -0.05) is 24.3 Å². The summed E-state index contributed by atoms with van der Waals surface area (Å²) in [6.07, 6.45) is 6.29. The molecule has 3 aromatic rings. The van der Waals surface area contributed by atoms with Crippen molar-refractivity contribution in [2.75, 3.05) is 26.2 Å². The van der Waals surface area contributed by atoms with Crippen molar-refractivity contribution in [2.45, 2.75) is 45.8 Å². The number of hydrogen-bond acceptors (Lipinski definition) is 4. The van der Waals surface area contributed by atoms with Crippen LogP contribution in [0.4, 0.5) is 0 Å². The fraction of sp³-hybridized carbons (Fsp3) is 0.440. The summed E-state index contributed by atoms with van der Waals surface area (Å²) in [4.78, 5) is 7.39. The van der Waals surface area contributed by atoms with Gasteiger partial charge in [0.05, 0.1) is 19.1 Å². The first kappa shape index (κ1) is 22.1. The van der Waals surface area contributed by atoms with Crippen molar-refractivity contribution >= 4 is 5.96 Å². The van der Waals surface area contributed by atoms with Crippen LogP contribution in [0.1, 0.15) is 48.5 Å². The first-order chi connectivity index (χ1) is 15.7. The second-order valence-corrected chi connectivity index (χ2v) is 8.26. The molecule has 2 N–H and O–H groups in total. The van der Waals surface area contributed by atoms with Gasteiger partial charge < -0.3 is 15.1 Å². The molecule has 1 aliphatic rings. The minimum Gasteiger partial charge on any atom is -0.465 e. The van der Waals surface area contributed by atoms with Gasteiger partial charge in [-0.15, -0.1) is 0 Å². The number of furan rings is 1. The molecular formula is C25H34N6O. The van der Waals surface area contributed by atoms with Gasteiger partial charge >= 0.3 is 0 Å². The summed E-state index contributed by atoms with van der Waals surface area (Å²) in [5, 5.41) is 11.3. The van der Waals surface area contributed by atoms with Crippen LogP contribution < -0.4 is 10.6 Å². The SMILES string of the molecule is CCNC(=NCc1ccccc1Cn1cccn1)NCC(c1ccc(C)o1)N1CCCC1. The first-order valence-corrected chi connectivity index (χ1v) is 11.6. The third kappa shape index (κ3) is 5.79. The smallest absolute Gasteiger partial charge is 0.191 e. The number of aromatic nitrogens is 2. The average molecular weight is 435 g/mol. The summed E-state index contributed by atoms with van der Waals surface area (Å²) in [5.41, 5.74) is 2.44. The number of hydrogen-bond donors (Lipinski definition) is 2. The normalized spacial score (nSPS) is 15.8. The van der Waals surface area contributed by atoms with Gasteiger partial charge in [0.25, 0.3) is 0 Å². The number of nitrogens with one attached hydrogen (secondary N) is 2. The second kappa shape index (κ2) is 11.0. The van der Waals surface area contributed by atoms with Crippen molar-refractivity contribution < 1.29 is 4.42 Å². The van der Waals surface area contributed by atoms with E-state index < -0.39 is 0 Å². The molecule has 32 heavy (non-hydrogen) atoms. The molecule has 0 radical (unpaired) electrons. The lowest BCUT2D eigenvalue weighted by atomic mass is 10.1. The van der Waals surface area contributed by atoms with Crippen LogP contribution in [0.3, 0.4) is 0 Å². The minimum absolute atomic E-state index is 0.210. The Hall–Kier alpha value is -3.06. The molecule has 0 saturated carbocycles. The Balaban J connectivity index is 1.45. The fourth-order valence-corrected chi connectivity index (χ4v) is 4.23. The van der Waals surface area contributed by atoms with Crippen molar-refractivity contribution in [3.63, 3.8) is 0 Å². The largest absolute Gasteiger partial charge is 0.465 e. The van der Waals surface area contributed by atoms with E-state index in [1.165, 1.54) is 24.0 Å². The average Bonchev–Trinajstić information content (AvgIpc) is 3.57. The lowest BCUT2D eigenvalue weighted by Crippen LogP contribution is -2.42. The van der Waals surface area contributed by atoms with Gasteiger partial charge in [0.2, 0.25) is 0 Å². The maximum atomic E-state index is 6.00. The van der Waals surface area contributed by atoms with Crippen LogP contribution in [0.15, 0.2) is 64.3 Å². The number of guanidine groups is 1. The highest BCUT2D eigenvalue weighted by Gasteiger charge is 2.26. The van der Waals surface area contributed by atoms with Crippen LogP contribution in [0.2, 0.25) is 0 Å². The van der Waals surface area contributed by atoms with Crippen LogP contribution in [0.25, 0.3) is 0 Å². The van der Waals surface area contributed by atoms with Crippen LogP contribution in [0.5, 0.6) is 0 Å². The van der Waals surface area contributed by atoms with Gasteiger partial charge in [-0.05, 0) is 69.1 Å². The summed E-state index contributed by atoms with van der Waals surface area (Å²) in [6.45, 7) is 9.25. The molecule has 0 aliphatic carbocycles. The topological polar surface area (TPSA) is 70.6 Å². The summed E-state index contributed by atoms with van der Waals surface area (Å²) >= 11 is 0. The molecule has 170 valence electrons. The van der Waals surface area contributed by atoms with Gasteiger partial charge in [-0.25, -0.2) is 4.99 Å². The monoisotopic (exact) mass is 434 g/mol. The molecule has 1 unspecified atom stereocenters. The zero-order valence-corrected chi connectivity index (χ0v) is 19.1. The van der Waals surface area contributed by atoms with Gasteiger partial charge in [0.15, 0.2) is 5.96 Å². The minimum atomic E-state index is 0.210. The molecule has 7 nitrogen and oxygen atoms in total. The van der Waals surface area contributed by atoms with Crippen molar-refractivity contribution in [3.05, 3.63) is 77.5 Å². The summed E-state index contributed by atoms with van der Waals surface area (Å²) in [6, 6.07) is 14.7. The van der Waals surface area contributed by atoms with E-state index in [2.05, 4.69) is 57.9 Å². The Kier molecular flexibility index (Phi) is 7.61. The molecule has 7 heteroatoms. The molecule has 3 heterocycles. The number of aliphatic imine (C=N–C) groups is 1. The van der Waals surface area contributed by atoms with E-state index in [1.807, 2.05) is 36.1 Å². The standard InChI is InChI=1S/C25H34N6O/c1-3-26-25(27-17-21-9-4-5-10-22(21)19-31-16-8-13-29-31)28-18-23(30-14-6-7-15-30)24-12-11-20(2)32-24/h4-5,8-13,16,23H,3,6-7,14-15,17-19H2,1-2H3,(H2,26,27,28). The Bertz CT molecular complexity index is 988. The van der Waals surface area contributed by atoms with E-state index in [4.69, 9.17) is 9.41 Å². The first-order valence-electron chi connectivity index (χ1n) is 11.6. The number of aryl methyl sites for hydroxylation is 1. The highest BCUT2D eigenvalue weighted by atomic mass is 16.3. The van der Waals surface area contributed by atoms with E-state index >= 15 is 0 Å². The summed E-state index contributed by atoms with van der Waals surface area (Å²) in [7, 11) is 0. The summed E-state index contributed by atoms with van der Waals surface area (Å²) in [5.74, 6) is 2.81. The number of benzene rings is 1. The van der Waals surface area contributed by atoms with Gasteiger partial charge in [0, 0.05) is 25.5 Å². The third-order valence-corrected chi connectivity index (χ3v) is 5.90. The summed E-state index contributed by atoms with van der Waals surface area (Å²) < 4.78 is 7.94. The van der Waals surface area contributed by atoms with Gasteiger partial charge in [0.1, 0.15) is 11.5 Å². The van der Waals surface area contributed by atoms with Crippen molar-refractivity contribution in [1.82, 2.24) is 25.3 Å². The zero-order chi connectivity index (χ0) is 22.2.